The van der Waals surface area contributed by atoms with E-state index in [4.69, 9.17) is 9.47 Å². The van der Waals surface area contributed by atoms with Crippen LogP contribution in [-0.2, 0) is 19.1 Å². The molecule has 1 spiro atoms. The van der Waals surface area contributed by atoms with E-state index < -0.39 is 29.1 Å². The molecule has 1 unspecified atom stereocenters. The minimum atomic E-state index is -1.25. The van der Waals surface area contributed by atoms with Crippen LogP contribution in [0.2, 0.25) is 0 Å². The van der Waals surface area contributed by atoms with Crippen molar-refractivity contribution in [2.45, 2.75) is 76.7 Å². The van der Waals surface area contributed by atoms with Gasteiger partial charge in [0.1, 0.15) is 17.4 Å². The zero-order valence-corrected chi connectivity index (χ0v) is 24.6. The Hall–Kier alpha value is -3.17. The lowest BCUT2D eigenvalue weighted by Crippen LogP contribution is -2.57. The minimum absolute atomic E-state index is 0.0589. The van der Waals surface area contributed by atoms with Crippen LogP contribution >= 0.6 is 0 Å². The predicted molar refractivity (Wildman–Crippen MR) is 155 cm³/mol. The van der Waals surface area contributed by atoms with Gasteiger partial charge in [0.15, 0.2) is 0 Å². The van der Waals surface area contributed by atoms with Crippen molar-refractivity contribution in [2.24, 2.45) is 11.8 Å². The lowest BCUT2D eigenvalue weighted by atomic mass is 9.73. The second kappa shape index (κ2) is 11.6. The topological polar surface area (TPSA) is 99.6 Å². The molecule has 5 rings (SSSR count). The third kappa shape index (κ3) is 4.77. The maximum absolute atomic E-state index is 14.6. The molecule has 41 heavy (non-hydrogen) atoms. The van der Waals surface area contributed by atoms with E-state index in [-0.39, 0.29) is 30.4 Å². The van der Waals surface area contributed by atoms with E-state index in [1.807, 2.05) is 76.3 Å². The SMILES string of the molecule is CCOc1ccc(N2CC=C[C@@]3(CC)O[C@]45C=CCN(C(C)C)C(=O)C4N(CCCCCO)C(=O)[C@@H]5[C@H]3C2=O)cc1. The molecule has 1 N–H and O–H groups in total. The molecule has 4 heterocycles. The summed E-state index contributed by atoms with van der Waals surface area (Å²) in [5.41, 5.74) is -1.55. The Labute approximate surface area is 242 Å². The Bertz CT molecular complexity index is 1210. The molecule has 0 aliphatic carbocycles. The molecule has 3 amide bonds. The van der Waals surface area contributed by atoms with Crippen LogP contribution in [0, 0.1) is 11.8 Å². The van der Waals surface area contributed by atoms with Crippen molar-refractivity contribution < 1.29 is 29.0 Å². The Kier molecular flexibility index (Phi) is 8.30. The highest BCUT2D eigenvalue weighted by Gasteiger charge is 2.75. The molecule has 4 aliphatic heterocycles. The molecule has 9 nitrogen and oxygen atoms in total. The Balaban J connectivity index is 1.58. The van der Waals surface area contributed by atoms with Gasteiger partial charge < -0.3 is 29.3 Å². The van der Waals surface area contributed by atoms with Gasteiger partial charge in [0.25, 0.3) is 0 Å². The zero-order chi connectivity index (χ0) is 29.4. The first-order chi connectivity index (χ1) is 19.7. The van der Waals surface area contributed by atoms with Crippen molar-refractivity contribution >= 4 is 23.4 Å². The summed E-state index contributed by atoms with van der Waals surface area (Å²) in [5, 5.41) is 9.28. The third-order valence-corrected chi connectivity index (χ3v) is 9.11. The maximum Gasteiger partial charge on any atom is 0.249 e. The smallest absolute Gasteiger partial charge is 0.249 e. The van der Waals surface area contributed by atoms with Crippen LogP contribution in [0.15, 0.2) is 48.6 Å². The van der Waals surface area contributed by atoms with Crippen LogP contribution < -0.4 is 9.64 Å². The van der Waals surface area contributed by atoms with Crippen molar-refractivity contribution in [3.05, 3.63) is 48.6 Å². The van der Waals surface area contributed by atoms with Gasteiger partial charge in [-0.1, -0.05) is 31.2 Å². The van der Waals surface area contributed by atoms with Crippen molar-refractivity contribution in [1.82, 2.24) is 9.80 Å². The number of anilines is 1. The molecule has 0 saturated carbocycles. The summed E-state index contributed by atoms with van der Waals surface area (Å²) in [6.45, 7) is 9.61. The van der Waals surface area contributed by atoms with Crippen LogP contribution in [0.25, 0.3) is 0 Å². The second-order valence-electron chi connectivity index (χ2n) is 11.7. The highest BCUT2D eigenvalue weighted by Crippen LogP contribution is 2.58. The number of unbranched alkanes of at least 4 members (excludes halogenated alkanes) is 2. The summed E-state index contributed by atoms with van der Waals surface area (Å²) in [4.78, 5) is 48.4. The van der Waals surface area contributed by atoms with Gasteiger partial charge in [-0.25, -0.2) is 0 Å². The number of hydrogen-bond acceptors (Lipinski definition) is 6. The summed E-state index contributed by atoms with van der Waals surface area (Å²) in [7, 11) is 0. The van der Waals surface area contributed by atoms with Gasteiger partial charge >= 0.3 is 0 Å². The van der Waals surface area contributed by atoms with E-state index in [1.54, 1.807) is 14.7 Å². The first-order valence-electron chi connectivity index (χ1n) is 15.1. The molecule has 1 aromatic carbocycles. The first-order valence-corrected chi connectivity index (χ1v) is 15.1. The lowest BCUT2D eigenvalue weighted by Gasteiger charge is -2.39. The molecular formula is C32H43N3O6. The molecule has 2 fully saturated rings. The quantitative estimate of drug-likeness (QED) is 0.345. The normalized spacial score (nSPS) is 30.9. The fourth-order valence-electron chi connectivity index (χ4n) is 7.17. The molecule has 0 bridgehead atoms. The number of fused-ring (bicyclic) bond motifs is 2. The number of benzene rings is 1. The van der Waals surface area contributed by atoms with Crippen LogP contribution in [0.3, 0.4) is 0 Å². The predicted octanol–water partition coefficient (Wildman–Crippen LogP) is 3.32. The summed E-state index contributed by atoms with van der Waals surface area (Å²) >= 11 is 0. The second-order valence-corrected chi connectivity index (χ2v) is 11.7. The number of nitrogens with zero attached hydrogens (tertiary/aromatic N) is 3. The highest BCUT2D eigenvalue weighted by atomic mass is 16.5. The van der Waals surface area contributed by atoms with Crippen molar-refractivity contribution in [1.29, 1.82) is 0 Å². The number of amides is 3. The third-order valence-electron chi connectivity index (χ3n) is 9.11. The molecule has 4 aliphatic rings. The summed E-state index contributed by atoms with van der Waals surface area (Å²) < 4.78 is 12.6. The average molecular weight is 566 g/mol. The van der Waals surface area contributed by atoms with Crippen LogP contribution in [0.5, 0.6) is 5.75 Å². The number of hydrogen-bond donors (Lipinski definition) is 1. The fraction of sp³-hybridized carbons (Fsp3) is 0.594. The van der Waals surface area contributed by atoms with Gasteiger partial charge in [-0.05, 0) is 70.7 Å². The summed E-state index contributed by atoms with van der Waals surface area (Å²) in [5.74, 6) is -1.44. The zero-order valence-electron chi connectivity index (χ0n) is 24.6. The number of carbonyl (C=O) groups excluding carboxylic acids is 3. The van der Waals surface area contributed by atoms with Gasteiger partial charge in [-0.2, -0.15) is 0 Å². The number of rotatable bonds is 10. The van der Waals surface area contributed by atoms with E-state index in [0.717, 1.165) is 17.9 Å². The molecule has 0 radical (unpaired) electrons. The van der Waals surface area contributed by atoms with Gasteiger partial charge in [0.2, 0.25) is 17.7 Å². The van der Waals surface area contributed by atoms with Crippen molar-refractivity contribution in [3.63, 3.8) is 0 Å². The van der Waals surface area contributed by atoms with Gasteiger partial charge in [-0.15, -0.1) is 0 Å². The van der Waals surface area contributed by atoms with Crippen molar-refractivity contribution in [3.8, 4) is 5.75 Å². The Morgan fingerprint density at radius 3 is 2.34 bits per heavy atom. The summed E-state index contributed by atoms with van der Waals surface area (Å²) in [6, 6.07) is 6.51. The maximum atomic E-state index is 14.6. The number of likely N-dealkylation sites (tertiary alicyclic amines) is 1. The highest BCUT2D eigenvalue weighted by molar-refractivity contribution is 6.04. The van der Waals surface area contributed by atoms with Crippen molar-refractivity contribution in [2.75, 3.05) is 37.7 Å². The number of carbonyl (C=O) groups is 3. The van der Waals surface area contributed by atoms with Crippen LogP contribution in [0.1, 0.15) is 53.4 Å². The van der Waals surface area contributed by atoms with Gasteiger partial charge in [0.05, 0.1) is 24.0 Å². The van der Waals surface area contributed by atoms with Gasteiger partial charge in [-0.3, -0.25) is 14.4 Å². The lowest BCUT2D eigenvalue weighted by molar-refractivity contribution is -0.153. The van der Waals surface area contributed by atoms with E-state index >= 15 is 0 Å². The Morgan fingerprint density at radius 2 is 1.68 bits per heavy atom. The fourth-order valence-corrected chi connectivity index (χ4v) is 7.17. The molecule has 2 saturated heterocycles. The van der Waals surface area contributed by atoms with E-state index in [0.29, 0.717) is 45.5 Å². The average Bonchev–Trinajstić information content (AvgIpc) is 3.24. The standard InChI is InChI=1S/C32H43N3O6/c1-5-31-16-10-20-34(23-12-14-24(15-13-23)40-6-2)28(37)25(31)26-29(38)35(18-8-7-9-21-36)27-30(39)33(22(3)4)19-11-17-32(26,27)41-31/h10-17,22,25-27,36H,5-9,18-21H2,1-4H3/t25-,26-,27?,31+,32-/m0/s1. The van der Waals surface area contributed by atoms with Crippen LogP contribution in [0.4, 0.5) is 5.69 Å². The molecule has 1 aromatic rings. The molecule has 222 valence electrons. The molecule has 5 atom stereocenters. The minimum Gasteiger partial charge on any atom is -0.494 e. The molecule has 0 aromatic heterocycles. The number of aliphatic hydroxyl groups excluding tert-OH is 1. The van der Waals surface area contributed by atoms with Gasteiger partial charge in [0, 0.05) is 38.0 Å². The largest absolute Gasteiger partial charge is 0.494 e. The summed E-state index contributed by atoms with van der Waals surface area (Å²) in [6.07, 6.45) is 10.2. The molecular weight excluding hydrogens is 522 g/mol. The van der Waals surface area contributed by atoms with E-state index in [9.17, 15) is 19.5 Å². The number of ether oxygens (including phenoxy) is 2. The first kappa shape index (κ1) is 29.3. The number of aliphatic hydroxyl groups is 1. The monoisotopic (exact) mass is 565 g/mol. The molecule has 9 heteroatoms. The van der Waals surface area contributed by atoms with E-state index in [2.05, 4.69) is 0 Å². The Morgan fingerprint density at radius 1 is 0.951 bits per heavy atom. The van der Waals surface area contributed by atoms with Crippen LogP contribution in [-0.4, -0.2) is 88.8 Å². The van der Waals surface area contributed by atoms with E-state index in [1.165, 1.54) is 0 Å².